The molecule has 2 atom stereocenters. The molecule has 2 aliphatic rings. The van der Waals surface area contributed by atoms with E-state index in [1.165, 1.54) is 4.90 Å². The molecule has 1 N–H and O–H groups in total. The van der Waals surface area contributed by atoms with Crippen LogP contribution in [0.25, 0.3) is 0 Å². The second-order valence-corrected chi connectivity index (χ2v) is 4.94. The van der Waals surface area contributed by atoms with Gasteiger partial charge in [0.05, 0.1) is 25.4 Å². The lowest BCUT2D eigenvalue weighted by Gasteiger charge is -2.33. The van der Waals surface area contributed by atoms with Crippen molar-refractivity contribution in [3.8, 4) is 0 Å². The Kier molecular flexibility index (Phi) is 3.35. The number of rotatable bonds is 7. The topological polar surface area (TPSA) is 74.5 Å². The summed E-state index contributed by atoms with van der Waals surface area (Å²) >= 11 is 0. The average Bonchev–Trinajstić information content (AvgIpc) is 3.15. The van der Waals surface area contributed by atoms with Crippen LogP contribution in [0.4, 0.5) is 0 Å². The molecular weight excluding hydrogens is 224 g/mol. The van der Waals surface area contributed by atoms with Crippen molar-refractivity contribution in [2.45, 2.75) is 31.6 Å². The van der Waals surface area contributed by atoms with Crippen LogP contribution in [0.1, 0.15) is 13.8 Å². The Bertz CT molecular complexity index is 311. The molecule has 0 bridgehead atoms. The molecule has 2 unspecified atom stereocenters. The van der Waals surface area contributed by atoms with Gasteiger partial charge in [0.2, 0.25) is 12.3 Å². The van der Waals surface area contributed by atoms with E-state index in [9.17, 15) is 9.59 Å². The number of carbonyl (C=O) groups is 2. The molecule has 0 aromatic heterocycles. The van der Waals surface area contributed by atoms with Crippen molar-refractivity contribution in [2.75, 3.05) is 26.3 Å². The third kappa shape index (κ3) is 3.17. The van der Waals surface area contributed by atoms with Crippen LogP contribution in [-0.4, -0.2) is 61.3 Å². The molecule has 6 nitrogen and oxygen atoms in total. The minimum atomic E-state index is -0.859. The van der Waals surface area contributed by atoms with Gasteiger partial charge in [-0.1, -0.05) is 0 Å². The monoisotopic (exact) mass is 242 g/mol. The van der Waals surface area contributed by atoms with Crippen LogP contribution in [0.3, 0.4) is 0 Å². The Morgan fingerprint density at radius 1 is 1.41 bits per heavy atom. The summed E-state index contributed by atoms with van der Waals surface area (Å²) in [6.07, 6.45) is 0.930. The summed E-state index contributed by atoms with van der Waals surface area (Å²) in [6.45, 7) is 5.80. The highest BCUT2D eigenvalue weighted by Crippen LogP contribution is 2.18. The van der Waals surface area contributed by atoms with E-state index in [1.807, 2.05) is 0 Å². The van der Waals surface area contributed by atoms with Crippen molar-refractivity contribution < 1.29 is 19.1 Å². The van der Waals surface area contributed by atoms with Crippen LogP contribution in [0, 0.1) is 0 Å². The van der Waals surface area contributed by atoms with Gasteiger partial charge in [-0.2, -0.15) is 0 Å². The maximum absolute atomic E-state index is 12.0. The summed E-state index contributed by atoms with van der Waals surface area (Å²) < 4.78 is 10.1. The van der Waals surface area contributed by atoms with Crippen LogP contribution in [-0.2, 0) is 19.1 Å². The number of epoxide rings is 2. The predicted octanol–water partition coefficient (Wildman–Crippen LogP) is -0.863. The van der Waals surface area contributed by atoms with E-state index in [4.69, 9.17) is 9.47 Å². The van der Waals surface area contributed by atoms with Crippen LogP contribution < -0.4 is 5.32 Å². The highest BCUT2D eigenvalue weighted by Gasteiger charge is 2.38. The average molecular weight is 242 g/mol. The smallest absolute Gasteiger partial charge is 0.245 e. The molecule has 2 rings (SSSR count). The van der Waals surface area contributed by atoms with Crippen molar-refractivity contribution in [3.63, 3.8) is 0 Å². The molecule has 2 saturated heterocycles. The molecule has 2 heterocycles. The van der Waals surface area contributed by atoms with Crippen LogP contribution in [0.5, 0.6) is 0 Å². The van der Waals surface area contributed by atoms with E-state index in [-0.39, 0.29) is 18.1 Å². The zero-order valence-corrected chi connectivity index (χ0v) is 10.1. The Hall–Kier alpha value is -1.14. The number of hydrogen-bond acceptors (Lipinski definition) is 4. The van der Waals surface area contributed by atoms with Gasteiger partial charge in [-0.3, -0.25) is 9.59 Å². The summed E-state index contributed by atoms with van der Waals surface area (Å²) in [4.78, 5) is 24.5. The van der Waals surface area contributed by atoms with Crippen LogP contribution >= 0.6 is 0 Å². The molecular formula is C11H18N2O4. The van der Waals surface area contributed by atoms with Crippen LogP contribution in [0.2, 0.25) is 0 Å². The van der Waals surface area contributed by atoms with Gasteiger partial charge in [0.15, 0.2) is 0 Å². The van der Waals surface area contributed by atoms with Gasteiger partial charge in [0.25, 0.3) is 0 Å². The van der Waals surface area contributed by atoms with E-state index in [0.717, 1.165) is 0 Å². The van der Waals surface area contributed by atoms with E-state index in [2.05, 4.69) is 5.32 Å². The summed E-state index contributed by atoms with van der Waals surface area (Å²) in [5.74, 6) is -0.166. The molecule has 0 saturated carbocycles. The lowest BCUT2D eigenvalue weighted by atomic mass is 10.0. The Morgan fingerprint density at radius 3 is 2.47 bits per heavy atom. The largest absolute Gasteiger partial charge is 0.371 e. The van der Waals surface area contributed by atoms with E-state index >= 15 is 0 Å². The van der Waals surface area contributed by atoms with E-state index in [1.54, 1.807) is 13.8 Å². The van der Waals surface area contributed by atoms with Gasteiger partial charge in [-0.25, -0.2) is 0 Å². The summed E-state index contributed by atoms with van der Waals surface area (Å²) in [6, 6.07) is 0. The quantitative estimate of drug-likeness (QED) is 0.465. The number of ether oxygens (including phenoxy) is 2. The minimum Gasteiger partial charge on any atom is -0.371 e. The predicted molar refractivity (Wildman–Crippen MR) is 59.3 cm³/mol. The number of nitrogens with zero attached hydrogens (tertiary/aromatic N) is 1. The second kappa shape index (κ2) is 4.62. The van der Waals surface area contributed by atoms with Crippen molar-refractivity contribution in [3.05, 3.63) is 0 Å². The molecule has 2 aliphatic heterocycles. The van der Waals surface area contributed by atoms with Crippen molar-refractivity contribution in [2.24, 2.45) is 0 Å². The third-order valence-electron chi connectivity index (χ3n) is 3.10. The lowest BCUT2D eigenvalue weighted by molar-refractivity contribution is -0.138. The normalized spacial score (nSPS) is 26.2. The molecule has 2 fully saturated rings. The first-order valence-corrected chi connectivity index (χ1v) is 5.77. The maximum Gasteiger partial charge on any atom is 0.245 e. The van der Waals surface area contributed by atoms with Gasteiger partial charge in [0, 0.05) is 13.1 Å². The van der Waals surface area contributed by atoms with Crippen molar-refractivity contribution in [1.82, 2.24) is 10.2 Å². The molecule has 0 aliphatic carbocycles. The first kappa shape index (κ1) is 12.3. The Labute approximate surface area is 100 Å². The standard InChI is InChI=1S/C11H18N2O4/c1-11(2,10(15)12-3-8-5-16-8)13(7-14)4-9-6-17-9/h7-9H,3-6H2,1-2H3,(H,12,15). The summed E-state index contributed by atoms with van der Waals surface area (Å²) in [5.41, 5.74) is -0.859. The Balaban J connectivity index is 1.87. The highest BCUT2D eigenvalue weighted by molar-refractivity contribution is 5.87. The van der Waals surface area contributed by atoms with Gasteiger partial charge in [-0.15, -0.1) is 0 Å². The van der Waals surface area contributed by atoms with Gasteiger partial charge in [-0.05, 0) is 13.8 Å². The fourth-order valence-corrected chi connectivity index (χ4v) is 1.54. The molecule has 17 heavy (non-hydrogen) atoms. The summed E-state index contributed by atoms with van der Waals surface area (Å²) in [7, 11) is 0. The molecule has 0 spiro atoms. The Morgan fingerprint density at radius 2 is 2.00 bits per heavy atom. The molecule has 0 aromatic rings. The van der Waals surface area contributed by atoms with Gasteiger partial charge in [0.1, 0.15) is 5.54 Å². The van der Waals surface area contributed by atoms with E-state index < -0.39 is 5.54 Å². The van der Waals surface area contributed by atoms with Crippen LogP contribution in [0.15, 0.2) is 0 Å². The fourth-order valence-electron chi connectivity index (χ4n) is 1.54. The minimum absolute atomic E-state index is 0.0824. The zero-order chi connectivity index (χ0) is 12.5. The number of carbonyl (C=O) groups excluding carboxylic acids is 2. The third-order valence-corrected chi connectivity index (χ3v) is 3.10. The second-order valence-electron chi connectivity index (χ2n) is 4.94. The first-order valence-electron chi connectivity index (χ1n) is 5.77. The lowest BCUT2D eigenvalue weighted by Crippen LogP contribution is -2.55. The number of amides is 2. The molecule has 0 radical (unpaired) electrons. The van der Waals surface area contributed by atoms with Gasteiger partial charge < -0.3 is 19.7 Å². The molecule has 96 valence electrons. The number of hydrogen-bond donors (Lipinski definition) is 1. The summed E-state index contributed by atoms with van der Waals surface area (Å²) in [5, 5.41) is 2.79. The SMILES string of the molecule is CC(C)(C(=O)NCC1CO1)N(C=O)CC1CO1. The highest BCUT2D eigenvalue weighted by atomic mass is 16.6. The molecule has 0 aromatic carbocycles. The molecule has 2 amide bonds. The van der Waals surface area contributed by atoms with Gasteiger partial charge >= 0.3 is 0 Å². The maximum atomic E-state index is 12.0. The zero-order valence-electron chi connectivity index (χ0n) is 10.1. The molecule has 6 heteroatoms. The first-order chi connectivity index (χ1) is 8.04. The van der Waals surface area contributed by atoms with Crippen molar-refractivity contribution in [1.29, 1.82) is 0 Å². The van der Waals surface area contributed by atoms with Crippen molar-refractivity contribution >= 4 is 12.3 Å². The fraction of sp³-hybridized carbons (Fsp3) is 0.818. The van der Waals surface area contributed by atoms with E-state index in [0.29, 0.717) is 32.7 Å². The number of nitrogens with one attached hydrogen (secondary N) is 1.